The lowest BCUT2D eigenvalue weighted by Gasteiger charge is -2.03. The van der Waals surface area contributed by atoms with Gasteiger partial charge in [0.2, 0.25) is 0 Å². The van der Waals surface area contributed by atoms with Gasteiger partial charge in [-0.15, -0.1) is 0 Å². The number of H-pyrrole nitrogens is 2. The Labute approximate surface area is 81.2 Å². The SMILES string of the molecule is CC(C)Cc1[nH]c(=O)[nH]c1CC(=O)O. The summed E-state index contributed by atoms with van der Waals surface area (Å²) in [6.07, 6.45) is 0.544. The maximum absolute atomic E-state index is 11.0. The van der Waals surface area contributed by atoms with Gasteiger partial charge in [-0.3, -0.25) is 4.79 Å². The second-order valence-corrected chi connectivity index (χ2v) is 3.70. The van der Waals surface area contributed by atoms with Gasteiger partial charge in [0.15, 0.2) is 0 Å². The molecule has 0 saturated heterocycles. The molecule has 78 valence electrons. The Hall–Kier alpha value is -1.52. The van der Waals surface area contributed by atoms with Crippen LogP contribution in [0.4, 0.5) is 0 Å². The first-order chi connectivity index (χ1) is 6.49. The normalized spacial score (nSPS) is 10.8. The molecule has 0 atom stereocenters. The largest absolute Gasteiger partial charge is 0.481 e. The molecule has 0 radical (unpaired) electrons. The number of aliphatic carboxylic acids is 1. The van der Waals surface area contributed by atoms with Crippen molar-refractivity contribution in [2.24, 2.45) is 5.92 Å². The molecule has 0 bridgehead atoms. The third-order valence-corrected chi connectivity index (χ3v) is 1.83. The Morgan fingerprint density at radius 1 is 1.36 bits per heavy atom. The van der Waals surface area contributed by atoms with Gasteiger partial charge in [-0.25, -0.2) is 4.79 Å². The summed E-state index contributed by atoms with van der Waals surface area (Å²) in [7, 11) is 0. The molecule has 1 heterocycles. The van der Waals surface area contributed by atoms with Crippen molar-refractivity contribution in [1.29, 1.82) is 0 Å². The molecule has 0 aromatic carbocycles. The topological polar surface area (TPSA) is 86.0 Å². The summed E-state index contributed by atoms with van der Waals surface area (Å²) in [5.74, 6) is -0.556. The maximum atomic E-state index is 11.0. The highest BCUT2D eigenvalue weighted by Crippen LogP contribution is 2.08. The standard InChI is InChI=1S/C9H14N2O3/c1-5(2)3-6-7(4-8(12)13)11-9(14)10-6/h5H,3-4H2,1-2H3,(H,12,13)(H2,10,11,14). The first-order valence-electron chi connectivity index (χ1n) is 4.51. The van der Waals surface area contributed by atoms with Gasteiger partial charge < -0.3 is 15.1 Å². The number of aromatic amines is 2. The van der Waals surface area contributed by atoms with Crippen molar-refractivity contribution >= 4 is 5.97 Å². The summed E-state index contributed by atoms with van der Waals surface area (Å²) in [5.41, 5.74) is 0.848. The van der Waals surface area contributed by atoms with E-state index in [1.54, 1.807) is 0 Å². The number of imidazole rings is 1. The molecule has 0 aliphatic rings. The number of hydrogen-bond donors (Lipinski definition) is 3. The molecule has 5 nitrogen and oxygen atoms in total. The maximum Gasteiger partial charge on any atom is 0.323 e. The van der Waals surface area contributed by atoms with E-state index in [9.17, 15) is 9.59 Å². The van der Waals surface area contributed by atoms with E-state index in [4.69, 9.17) is 5.11 Å². The fraction of sp³-hybridized carbons (Fsp3) is 0.556. The lowest BCUT2D eigenvalue weighted by Crippen LogP contribution is -2.05. The van der Waals surface area contributed by atoms with Crippen LogP contribution >= 0.6 is 0 Å². The highest BCUT2D eigenvalue weighted by Gasteiger charge is 2.11. The number of carbonyl (C=O) groups is 1. The lowest BCUT2D eigenvalue weighted by molar-refractivity contribution is -0.136. The number of carboxylic acids is 1. The summed E-state index contributed by atoms with van der Waals surface area (Å²) in [6, 6.07) is 0. The Balaban J connectivity index is 2.90. The fourth-order valence-electron chi connectivity index (χ4n) is 1.34. The fourth-order valence-corrected chi connectivity index (χ4v) is 1.34. The second kappa shape index (κ2) is 4.13. The molecule has 1 aromatic heterocycles. The second-order valence-electron chi connectivity index (χ2n) is 3.70. The van der Waals surface area contributed by atoms with Crippen LogP contribution in [0.2, 0.25) is 0 Å². The van der Waals surface area contributed by atoms with Gasteiger partial charge in [0.1, 0.15) is 0 Å². The minimum Gasteiger partial charge on any atom is -0.481 e. The molecule has 0 aliphatic heterocycles. The van der Waals surface area contributed by atoms with E-state index in [2.05, 4.69) is 9.97 Å². The van der Waals surface area contributed by atoms with Crippen molar-refractivity contribution in [3.05, 3.63) is 21.9 Å². The number of hydrogen-bond acceptors (Lipinski definition) is 2. The van der Waals surface area contributed by atoms with Gasteiger partial charge in [0.25, 0.3) is 0 Å². The average molecular weight is 198 g/mol. The van der Waals surface area contributed by atoms with E-state index in [1.807, 2.05) is 13.8 Å². The molecule has 1 aromatic rings. The Kier molecular flexibility index (Phi) is 3.11. The lowest BCUT2D eigenvalue weighted by atomic mass is 10.1. The van der Waals surface area contributed by atoms with E-state index in [-0.39, 0.29) is 12.1 Å². The van der Waals surface area contributed by atoms with Gasteiger partial charge in [-0.2, -0.15) is 0 Å². The van der Waals surface area contributed by atoms with Crippen molar-refractivity contribution in [2.75, 3.05) is 0 Å². The monoisotopic (exact) mass is 198 g/mol. The Morgan fingerprint density at radius 3 is 2.43 bits per heavy atom. The van der Waals surface area contributed by atoms with E-state index in [0.717, 1.165) is 0 Å². The number of nitrogens with one attached hydrogen (secondary N) is 2. The van der Waals surface area contributed by atoms with Gasteiger partial charge in [-0.1, -0.05) is 13.8 Å². The molecule has 5 heteroatoms. The first kappa shape index (κ1) is 10.6. The van der Waals surface area contributed by atoms with Crippen molar-refractivity contribution < 1.29 is 9.90 Å². The number of carboxylic acid groups (broad SMARTS) is 1. The molecular formula is C9H14N2O3. The van der Waals surface area contributed by atoms with Crippen LogP contribution in [0.15, 0.2) is 4.79 Å². The Morgan fingerprint density at radius 2 is 1.93 bits per heavy atom. The van der Waals surface area contributed by atoms with Crippen LogP contribution in [0, 0.1) is 5.92 Å². The highest BCUT2D eigenvalue weighted by molar-refractivity contribution is 5.69. The third-order valence-electron chi connectivity index (χ3n) is 1.83. The third kappa shape index (κ3) is 2.76. The zero-order chi connectivity index (χ0) is 10.7. The summed E-state index contributed by atoms with van der Waals surface area (Å²) in [6.45, 7) is 4.02. The molecule has 0 aliphatic carbocycles. The van der Waals surface area contributed by atoms with Crippen LogP contribution in [-0.4, -0.2) is 21.0 Å². The molecule has 0 unspecified atom stereocenters. The molecule has 3 N–H and O–H groups in total. The van der Waals surface area contributed by atoms with E-state index in [0.29, 0.717) is 23.7 Å². The number of rotatable bonds is 4. The average Bonchev–Trinajstić information content (AvgIpc) is 2.28. The van der Waals surface area contributed by atoms with E-state index in [1.165, 1.54) is 0 Å². The molecule has 0 fully saturated rings. The predicted octanol–water partition coefficient (Wildman–Crippen LogP) is 0.529. The summed E-state index contributed by atoms with van der Waals surface area (Å²) in [5, 5.41) is 8.60. The summed E-state index contributed by atoms with van der Waals surface area (Å²) >= 11 is 0. The minimum absolute atomic E-state index is 0.138. The van der Waals surface area contributed by atoms with Crippen molar-refractivity contribution in [2.45, 2.75) is 26.7 Å². The van der Waals surface area contributed by atoms with Crippen LogP contribution in [0.5, 0.6) is 0 Å². The minimum atomic E-state index is -0.940. The quantitative estimate of drug-likeness (QED) is 0.659. The van der Waals surface area contributed by atoms with Crippen LogP contribution in [0.1, 0.15) is 25.2 Å². The van der Waals surface area contributed by atoms with Gasteiger partial charge in [0.05, 0.1) is 12.1 Å². The van der Waals surface area contributed by atoms with Crippen LogP contribution in [0.25, 0.3) is 0 Å². The van der Waals surface area contributed by atoms with Crippen molar-refractivity contribution in [1.82, 2.24) is 9.97 Å². The summed E-state index contributed by atoms with van der Waals surface area (Å²) in [4.78, 5) is 26.5. The van der Waals surface area contributed by atoms with Gasteiger partial charge in [0, 0.05) is 5.69 Å². The van der Waals surface area contributed by atoms with E-state index < -0.39 is 5.97 Å². The Bertz CT molecular complexity index is 376. The van der Waals surface area contributed by atoms with Gasteiger partial charge >= 0.3 is 11.7 Å². The smallest absolute Gasteiger partial charge is 0.323 e. The van der Waals surface area contributed by atoms with E-state index >= 15 is 0 Å². The molecular weight excluding hydrogens is 184 g/mol. The van der Waals surface area contributed by atoms with Crippen molar-refractivity contribution in [3.8, 4) is 0 Å². The predicted molar refractivity (Wildman–Crippen MR) is 51.3 cm³/mol. The highest BCUT2D eigenvalue weighted by atomic mass is 16.4. The van der Waals surface area contributed by atoms with Crippen LogP contribution < -0.4 is 5.69 Å². The first-order valence-corrected chi connectivity index (χ1v) is 4.51. The zero-order valence-corrected chi connectivity index (χ0v) is 8.26. The molecule has 0 spiro atoms. The zero-order valence-electron chi connectivity index (χ0n) is 8.26. The van der Waals surface area contributed by atoms with Crippen LogP contribution in [-0.2, 0) is 17.6 Å². The number of aromatic nitrogens is 2. The molecule has 14 heavy (non-hydrogen) atoms. The molecule has 1 rings (SSSR count). The van der Waals surface area contributed by atoms with Gasteiger partial charge in [-0.05, 0) is 12.3 Å². The summed E-state index contributed by atoms with van der Waals surface area (Å²) < 4.78 is 0. The van der Waals surface area contributed by atoms with Crippen molar-refractivity contribution in [3.63, 3.8) is 0 Å². The van der Waals surface area contributed by atoms with Crippen LogP contribution in [0.3, 0.4) is 0 Å². The molecule has 0 saturated carbocycles. The molecule has 0 amide bonds.